The molecule has 2 bridgehead atoms. The van der Waals surface area contributed by atoms with Gasteiger partial charge in [-0.2, -0.15) is 0 Å². The Balaban J connectivity index is 2.11. The summed E-state index contributed by atoms with van der Waals surface area (Å²) >= 11 is 0. The molecule has 0 aromatic rings. The maximum atomic E-state index is 10.5. The zero-order chi connectivity index (χ0) is 10.3. The highest BCUT2D eigenvalue weighted by Crippen LogP contribution is 2.50. The first-order valence-corrected chi connectivity index (χ1v) is 6.24. The highest BCUT2D eigenvalue weighted by atomic mass is 16.3. The molecule has 1 heteroatoms. The highest BCUT2D eigenvalue weighted by Gasteiger charge is 2.45. The van der Waals surface area contributed by atoms with Crippen LogP contribution in [0.4, 0.5) is 0 Å². The van der Waals surface area contributed by atoms with Crippen molar-refractivity contribution in [2.24, 2.45) is 23.7 Å². The predicted octanol–water partition coefficient (Wildman–Crippen LogP) is 3.22. The van der Waals surface area contributed by atoms with Crippen molar-refractivity contribution < 1.29 is 5.11 Å². The minimum absolute atomic E-state index is 0.395. The Bertz CT molecular complexity index is 199. The van der Waals surface area contributed by atoms with Gasteiger partial charge in [-0.15, -0.1) is 0 Å². The second-order valence-electron chi connectivity index (χ2n) is 6.00. The molecule has 2 atom stereocenters. The Hall–Kier alpha value is -0.0400. The van der Waals surface area contributed by atoms with Gasteiger partial charge in [-0.25, -0.2) is 0 Å². The number of aliphatic hydroxyl groups is 1. The van der Waals surface area contributed by atoms with Crippen molar-refractivity contribution in [3.8, 4) is 0 Å². The van der Waals surface area contributed by atoms with E-state index >= 15 is 0 Å². The second kappa shape index (κ2) is 3.52. The van der Waals surface area contributed by atoms with E-state index in [-0.39, 0.29) is 0 Å². The molecular weight excluding hydrogens is 172 g/mol. The van der Waals surface area contributed by atoms with Gasteiger partial charge < -0.3 is 5.11 Å². The van der Waals surface area contributed by atoms with E-state index in [9.17, 15) is 5.11 Å². The molecule has 1 N–H and O–H groups in total. The normalized spacial score (nSPS) is 41.4. The molecule has 14 heavy (non-hydrogen) atoms. The molecule has 82 valence electrons. The van der Waals surface area contributed by atoms with Gasteiger partial charge in [0.05, 0.1) is 5.60 Å². The first-order chi connectivity index (χ1) is 6.51. The van der Waals surface area contributed by atoms with Crippen LogP contribution in [0, 0.1) is 23.7 Å². The van der Waals surface area contributed by atoms with Crippen LogP contribution in [-0.2, 0) is 0 Å². The average Bonchev–Trinajstić information content (AvgIpc) is 2.19. The summed E-state index contributed by atoms with van der Waals surface area (Å²) in [4.78, 5) is 0. The fourth-order valence-electron chi connectivity index (χ4n) is 3.52. The van der Waals surface area contributed by atoms with E-state index in [1.165, 1.54) is 32.1 Å². The van der Waals surface area contributed by atoms with Crippen molar-refractivity contribution in [2.45, 2.75) is 58.5 Å². The molecule has 0 amide bonds. The predicted molar refractivity (Wildman–Crippen MR) is 59.0 cm³/mol. The molecule has 3 saturated carbocycles. The van der Waals surface area contributed by atoms with Crippen molar-refractivity contribution >= 4 is 0 Å². The van der Waals surface area contributed by atoms with E-state index in [0.29, 0.717) is 11.8 Å². The lowest BCUT2D eigenvalue weighted by Gasteiger charge is -2.50. The molecule has 0 heterocycles. The molecule has 3 rings (SSSR count). The van der Waals surface area contributed by atoms with Crippen LogP contribution in [0.5, 0.6) is 0 Å². The third kappa shape index (κ3) is 1.60. The van der Waals surface area contributed by atoms with Gasteiger partial charge in [0.2, 0.25) is 0 Å². The molecule has 2 unspecified atom stereocenters. The molecule has 0 spiro atoms. The zero-order valence-corrected chi connectivity index (χ0v) is 9.79. The first-order valence-electron chi connectivity index (χ1n) is 6.24. The van der Waals surface area contributed by atoms with E-state index in [1.807, 2.05) is 0 Å². The van der Waals surface area contributed by atoms with Gasteiger partial charge in [-0.3, -0.25) is 0 Å². The second-order valence-corrected chi connectivity index (χ2v) is 6.00. The van der Waals surface area contributed by atoms with Crippen LogP contribution >= 0.6 is 0 Å². The summed E-state index contributed by atoms with van der Waals surface area (Å²) in [5, 5.41) is 10.5. The summed E-state index contributed by atoms with van der Waals surface area (Å²) < 4.78 is 0. The number of fused-ring (bicyclic) bond motifs is 3. The van der Waals surface area contributed by atoms with Crippen LogP contribution < -0.4 is 0 Å². The molecule has 0 radical (unpaired) electrons. The minimum Gasteiger partial charge on any atom is -0.390 e. The quantitative estimate of drug-likeness (QED) is 0.719. The van der Waals surface area contributed by atoms with E-state index in [0.717, 1.165) is 11.8 Å². The van der Waals surface area contributed by atoms with Gasteiger partial charge in [0.1, 0.15) is 0 Å². The van der Waals surface area contributed by atoms with Gasteiger partial charge in [0, 0.05) is 0 Å². The van der Waals surface area contributed by atoms with Crippen LogP contribution in [0.1, 0.15) is 52.9 Å². The SMILES string of the molecule is CC(C)C(C)(O)C1CC2CCC1CC2. The topological polar surface area (TPSA) is 20.2 Å². The zero-order valence-electron chi connectivity index (χ0n) is 9.79. The molecule has 3 aliphatic carbocycles. The van der Waals surface area contributed by atoms with Crippen molar-refractivity contribution in [3.05, 3.63) is 0 Å². The highest BCUT2D eigenvalue weighted by molar-refractivity contribution is 4.96. The number of hydrogen-bond acceptors (Lipinski definition) is 1. The molecule has 0 aliphatic heterocycles. The Morgan fingerprint density at radius 3 is 2.07 bits per heavy atom. The van der Waals surface area contributed by atoms with Crippen molar-refractivity contribution in [1.82, 2.24) is 0 Å². The van der Waals surface area contributed by atoms with Gasteiger partial charge in [0.25, 0.3) is 0 Å². The standard InChI is InChI=1S/C13H24O/c1-9(2)13(3,14)12-8-10-4-6-11(12)7-5-10/h9-12,14H,4-8H2,1-3H3. The third-order valence-corrected chi connectivity index (χ3v) is 4.97. The van der Waals surface area contributed by atoms with Gasteiger partial charge in [0.15, 0.2) is 0 Å². The van der Waals surface area contributed by atoms with Gasteiger partial charge in [-0.05, 0) is 49.9 Å². The molecule has 0 saturated heterocycles. The van der Waals surface area contributed by atoms with E-state index < -0.39 is 5.60 Å². The fraction of sp³-hybridized carbons (Fsp3) is 1.00. The van der Waals surface area contributed by atoms with Crippen LogP contribution in [-0.4, -0.2) is 10.7 Å². The molecule has 0 aromatic carbocycles. The number of rotatable bonds is 2. The van der Waals surface area contributed by atoms with Crippen LogP contribution in [0.25, 0.3) is 0 Å². The summed E-state index contributed by atoms with van der Waals surface area (Å²) in [5.74, 6) is 2.72. The molecule has 3 aliphatic rings. The lowest BCUT2D eigenvalue weighted by atomic mass is 9.58. The monoisotopic (exact) mass is 196 g/mol. The average molecular weight is 196 g/mol. The maximum absolute atomic E-state index is 10.5. The summed E-state index contributed by atoms with van der Waals surface area (Å²) in [6.07, 6.45) is 6.89. The molecule has 0 aromatic heterocycles. The molecule has 3 fully saturated rings. The maximum Gasteiger partial charge on any atom is 0.0673 e. The van der Waals surface area contributed by atoms with E-state index in [2.05, 4.69) is 20.8 Å². The van der Waals surface area contributed by atoms with Crippen molar-refractivity contribution in [2.75, 3.05) is 0 Å². The van der Waals surface area contributed by atoms with Crippen molar-refractivity contribution in [3.63, 3.8) is 0 Å². The molecule has 1 nitrogen and oxygen atoms in total. The largest absolute Gasteiger partial charge is 0.390 e. The smallest absolute Gasteiger partial charge is 0.0673 e. The Kier molecular flexibility index (Phi) is 2.63. The Morgan fingerprint density at radius 2 is 1.71 bits per heavy atom. The van der Waals surface area contributed by atoms with Crippen LogP contribution in [0.2, 0.25) is 0 Å². The molecular formula is C13H24O. The summed E-state index contributed by atoms with van der Waals surface area (Å²) in [7, 11) is 0. The summed E-state index contributed by atoms with van der Waals surface area (Å²) in [5.41, 5.74) is -0.427. The first kappa shape index (κ1) is 10.5. The summed E-state index contributed by atoms with van der Waals surface area (Å²) in [6.45, 7) is 6.37. The van der Waals surface area contributed by atoms with Crippen LogP contribution in [0.15, 0.2) is 0 Å². The minimum atomic E-state index is -0.427. The van der Waals surface area contributed by atoms with Crippen molar-refractivity contribution in [1.29, 1.82) is 0 Å². The number of hydrogen-bond donors (Lipinski definition) is 1. The lowest BCUT2D eigenvalue weighted by Crippen LogP contribution is -2.48. The summed E-state index contributed by atoms with van der Waals surface area (Å²) in [6, 6.07) is 0. The fourth-order valence-corrected chi connectivity index (χ4v) is 3.52. The van der Waals surface area contributed by atoms with Gasteiger partial charge in [-0.1, -0.05) is 26.7 Å². The Labute approximate surface area is 87.9 Å². The van der Waals surface area contributed by atoms with E-state index in [4.69, 9.17) is 0 Å². The van der Waals surface area contributed by atoms with E-state index in [1.54, 1.807) is 0 Å². The van der Waals surface area contributed by atoms with Crippen LogP contribution in [0.3, 0.4) is 0 Å². The van der Waals surface area contributed by atoms with Gasteiger partial charge >= 0.3 is 0 Å². The Morgan fingerprint density at radius 1 is 1.14 bits per heavy atom. The lowest BCUT2D eigenvalue weighted by molar-refractivity contribution is -0.102. The third-order valence-electron chi connectivity index (χ3n) is 4.97.